The van der Waals surface area contributed by atoms with Crippen LogP contribution in [0.3, 0.4) is 0 Å². The second-order valence-electron chi connectivity index (χ2n) is 4.94. The Hall–Kier alpha value is -1.85. The van der Waals surface area contributed by atoms with Crippen LogP contribution in [0.1, 0.15) is 15.9 Å². The van der Waals surface area contributed by atoms with Crippen molar-refractivity contribution in [3.8, 4) is 0 Å². The van der Waals surface area contributed by atoms with Gasteiger partial charge in [0.05, 0.1) is 0 Å². The second-order valence-corrected chi connectivity index (χ2v) is 5.35. The van der Waals surface area contributed by atoms with Crippen LogP contribution in [0.15, 0.2) is 24.3 Å². The van der Waals surface area contributed by atoms with Crippen LogP contribution in [0.5, 0.6) is 0 Å². The van der Waals surface area contributed by atoms with E-state index in [0.717, 1.165) is 12.6 Å². The monoisotopic (exact) mass is 310 g/mol. The molecule has 0 saturated carbocycles. The highest BCUT2D eigenvalue weighted by molar-refractivity contribution is 6.32. The first kappa shape index (κ1) is 17.2. The zero-order chi connectivity index (χ0) is 16.0. The molecule has 0 spiro atoms. The third kappa shape index (κ3) is 5.57. The van der Waals surface area contributed by atoms with Gasteiger partial charge in [-0.1, -0.05) is 17.7 Å². The van der Waals surface area contributed by atoms with E-state index in [-0.39, 0.29) is 5.91 Å². The molecule has 0 bridgehead atoms. The van der Waals surface area contributed by atoms with Crippen LogP contribution in [0.4, 0.5) is 0 Å². The molecule has 0 radical (unpaired) electrons. The molecule has 6 heteroatoms. The van der Waals surface area contributed by atoms with Crippen LogP contribution in [-0.4, -0.2) is 61.0 Å². The minimum atomic E-state index is -1.05. The lowest BCUT2D eigenvalue weighted by molar-refractivity contribution is -0.131. The van der Waals surface area contributed by atoms with Crippen molar-refractivity contribution in [2.45, 2.75) is 0 Å². The summed E-state index contributed by atoms with van der Waals surface area (Å²) in [6.07, 6.45) is 2.40. The van der Waals surface area contributed by atoms with Crippen LogP contribution < -0.4 is 0 Å². The largest absolute Gasteiger partial charge is 0.478 e. The van der Waals surface area contributed by atoms with E-state index in [1.807, 2.05) is 19.0 Å². The van der Waals surface area contributed by atoms with Crippen molar-refractivity contribution >= 4 is 29.6 Å². The number of carboxylic acids is 1. The Balaban J connectivity index is 2.83. The number of halogens is 1. The van der Waals surface area contributed by atoms with Gasteiger partial charge in [0.15, 0.2) is 0 Å². The molecule has 5 nitrogen and oxygen atoms in total. The fourth-order valence-electron chi connectivity index (χ4n) is 1.63. The van der Waals surface area contributed by atoms with Crippen molar-refractivity contribution < 1.29 is 14.7 Å². The highest BCUT2D eigenvalue weighted by atomic mass is 35.5. The molecule has 1 amide bonds. The van der Waals surface area contributed by atoms with Gasteiger partial charge in [0.25, 0.3) is 5.91 Å². The van der Waals surface area contributed by atoms with E-state index in [2.05, 4.69) is 0 Å². The first-order valence-electron chi connectivity index (χ1n) is 6.42. The smallest absolute Gasteiger partial charge is 0.328 e. The molecule has 114 valence electrons. The van der Waals surface area contributed by atoms with Crippen molar-refractivity contribution in [3.63, 3.8) is 0 Å². The summed E-state index contributed by atoms with van der Waals surface area (Å²) in [4.78, 5) is 26.3. The number of nitrogens with zero attached hydrogens (tertiary/aromatic N) is 2. The molecule has 1 rings (SSSR count). The summed E-state index contributed by atoms with van der Waals surface area (Å²) >= 11 is 6.07. The first-order chi connectivity index (χ1) is 9.81. The van der Waals surface area contributed by atoms with E-state index in [1.54, 1.807) is 30.1 Å². The maximum absolute atomic E-state index is 12.2. The molecule has 0 heterocycles. The van der Waals surface area contributed by atoms with E-state index < -0.39 is 5.97 Å². The molecule has 1 aromatic carbocycles. The molecule has 0 unspecified atom stereocenters. The van der Waals surface area contributed by atoms with Crippen molar-refractivity contribution in [2.24, 2.45) is 0 Å². The van der Waals surface area contributed by atoms with Crippen molar-refractivity contribution in [3.05, 3.63) is 40.4 Å². The zero-order valence-corrected chi connectivity index (χ0v) is 13.1. The number of likely N-dealkylation sites (N-methyl/N-ethyl adjacent to an activating group) is 2. The summed E-state index contributed by atoms with van der Waals surface area (Å²) in [7, 11) is 5.62. The quantitative estimate of drug-likeness (QED) is 0.817. The molecule has 21 heavy (non-hydrogen) atoms. The summed E-state index contributed by atoms with van der Waals surface area (Å²) in [6.45, 7) is 1.39. The number of aliphatic carboxylic acids is 1. The maximum atomic E-state index is 12.2. The van der Waals surface area contributed by atoms with E-state index in [4.69, 9.17) is 16.7 Å². The van der Waals surface area contributed by atoms with E-state index in [9.17, 15) is 9.59 Å². The SMILES string of the molecule is CN(C)CCN(C)C(=O)c1ccc(/C=C/C(=O)O)c(Cl)c1. The predicted octanol–water partition coefficient (Wildman–Crippen LogP) is 2.07. The third-order valence-corrected chi connectivity index (χ3v) is 3.21. The predicted molar refractivity (Wildman–Crippen MR) is 83.6 cm³/mol. The maximum Gasteiger partial charge on any atom is 0.328 e. The molecule has 0 atom stereocenters. The zero-order valence-electron chi connectivity index (χ0n) is 12.3. The second kappa shape index (κ2) is 7.81. The Morgan fingerprint density at radius 1 is 1.24 bits per heavy atom. The topological polar surface area (TPSA) is 60.9 Å². The Morgan fingerprint density at radius 2 is 1.90 bits per heavy atom. The fraction of sp³-hybridized carbons (Fsp3) is 0.333. The molecular formula is C15H19ClN2O3. The summed E-state index contributed by atoms with van der Waals surface area (Å²) < 4.78 is 0. The van der Waals surface area contributed by atoms with Crippen LogP contribution in [0.2, 0.25) is 5.02 Å². The van der Waals surface area contributed by atoms with Gasteiger partial charge >= 0.3 is 5.97 Å². The van der Waals surface area contributed by atoms with E-state index >= 15 is 0 Å². The molecule has 0 aliphatic rings. The van der Waals surface area contributed by atoms with Gasteiger partial charge < -0.3 is 14.9 Å². The van der Waals surface area contributed by atoms with Gasteiger partial charge in [-0.15, -0.1) is 0 Å². The van der Waals surface area contributed by atoms with Crippen molar-refractivity contribution in [1.82, 2.24) is 9.80 Å². The Kier molecular flexibility index (Phi) is 6.39. The summed E-state index contributed by atoms with van der Waals surface area (Å²) in [5.41, 5.74) is 1.04. The molecule has 0 aliphatic carbocycles. The summed E-state index contributed by atoms with van der Waals surface area (Å²) in [5, 5.41) is 8.94. The lowest BCUT2D eigenvalue weighted by Gasteiger charge is -2.20. The highest BCUT2D eigenvalue weighted by Gasteiger charge is 2.13. The number of carbonyl (C=O) groups excluding carboxylic acids is 1. The van der Waals surface area contributed by atoms with Crippen LogP contribution in [-0.2, 0) is 4.79 Å². The van der Waals surface area contributed by atoms with Gasteiger partial charge in [-0.05, 0) is 37.9 Å². The third-order valence-electron chi connectivity index (χ3n) is 2.88. The number of carboxylic acid groups (broad SMARTS) is 1. The standard InChI is InChI=1S/C15H19ClN2O3/c1-17(2)8-9-18(3)15(21)12-5-4-11(13(16)10-12)6-7-14(19)20/h4-7,10H,8-9H2,1-3H3,(H,19,20)/b7-6+. The number of rotatable bonds is 6. The van der Waals surface area contributed by atoms with Crippen molar-refractivity contribution in [2.75, 3.05) is 34.2 Å². The lowest BCUT2D eigenvalue weighted by atomic mass is 10.1. The number of benzene rings is 1. The summed E-state index contributed by atoms with van der Waals surface area (Å²) in [5.74, 6) is -1.16. The van der Waals surface area contributed by atoms with Crippen molar-refractivity contribution in [1.29, 1.82) is 0 Å². The first-order valence-corrected chi connectivity index (χ1v) is 6.80. The van der Waals surface area contributed by atoms with Gasteiger partial charge in [-0.2, -0.15) is 0 Å². The Labute approximate surface area is 129 Å². The Bertz CT molecular complexity index is 556. The van der Waals surface area contributed by atoms with Crippen LogP contribution in [0.25, 0.3) is 6.08 Å². The van der Waals surface area contributed by atoms with Gasteiger partial charge in [-0.3, -0.25) is 4.79 Å². The van der Waals surface area contributed by atoms with Crippen LogP contribution in [0, 0.1) is 0 Å². The highest BCUT2D eigenvalue weighted by Crippen LogP contribution is 2.20. The molecule has 0 aromatic heterocycles. The number of hydrogen-bond donors (Lipinski definition) is 1. The van der Waals surface area contributed by atoms with Gasteiger partial charge in [0.2, 0.25) is 0 Å². The number of carbonyl (C=O) groups is 2. The number of hydrogen-bond acceptors (Lipinski definition) is 3. The van der Waals surface area contributed by atoms with Crippen LogP contribution >= 0.6 is 11.6 Å². The molecular weight excluding hydrogens is 292 g/mol. The minimum Gasteiger partial charge on any atom is -0.478 e. The fourth-order valence-corrected chi connectivity index (χ4v) is 1.87. The molecule has 0 saturated heterocycles. The number of amides is 1. The van der Waals surface area contributed by atoms with Gasteiger partial charge in [0, 0.05) is 36.8 Å². The average Bonchev–Trinajstić information content (AvgIpc) is 2.42. The molecule has 1 aromatic rings. The lowest BCUT2D eigenvalue weighted by Crippen LogP contribution is -2.33. The van der Waals surface area contributed by atoms with E-state index in [0.29, 0.717) is 22.7 Å². The van der Waals surface area contributed by atoms with E-state index in [1.165, 1.54) is 6.08 Å². The van der Waals surface area contributed by atoms with Gasteiger partial charge in [0.1, 0.15) is 0 Å². The molecule has 0 fully saturated rings. The normalized spacial score (nSPS) is 11.1. The Morgan fingerprint density at radius 3 is 2.43 bits per heavy atom. The molecule has 0 aliphatic heterocycles. The molecule has 1 N–H and O–H groups in total. The minimum absolute atomic E-state index is 0.118. The average molecular weight is 311 g/mol. The van der Waals surface area contributed by atoms with Gasteiger partial charge in [-0.25, -0.2) is 4.79 Å². The summed E-state index contributed by atoms with van der Waals surface area (Å²) in [6, 6.07) is 4.83.